The smallest absolute Gasteiger partial charge is 0.341 e. The molecule has 1 amide bonds. The molecule has 0 spiro atoms. The molecule has 2 aromatic carbocycles. The lowest BCUT2D eigenvalue weighted by Gasteiger charge is -2.16. The second kappa shape index (κ2) is 13.1. The standard InChI is InChI=1S/C28H28Cl2N4O4S2/c1-6-34-25(17(4)38-22-10-9-18(29)12-21(22)30)32-33-28(34)40-14-23(35)31-26-24(27(36)37-5)20(13-39-26)19-11-15(2)7-8-16(19)3/h7-13,17H,6,14H2,1-5H3,(H,31,35). The number of nitrogens with one attached hydrogen (secondary N) is 1. The van der Waals surface area contributed by atoms with Gasteiger partial charge in [-0.3, -0.25) is 4.79 Å². The van der Waals surface area contributed by atoms with Crippen LogP contribution < -0.4 is 10.1 Å². The third-order valence-electron chi connectivity index (χ3n) is 6.07. The summed E-state index contributed by atoms with van der Waals surface area (Å²) < 4.78 is 12.9. The van der Waals surface area contributed by atoms with Crippen molar-refractivity contribution < 1.29 is 19.1 Å². The second-order valence-electron chi connectivity index (χ2n) is 8.92. The van der Waals surface area contributed by atoms with Gasteiger partial charge in [0.05, 0.1) is 17.9 Å². The van der Waals surface area contributed by atoms with Crippen molar-refractivity contribution in [2.24, 2.45) is 0 Å². The first-order valence-corrected chi connectivity index (χ1v) is 15.0. The van der Waals surface area contributed by atoms with Gasteiger partial charge in [0.15, 0.2) is 17.1 Å². The van der Waals surface area contributed by atoms with Gasteiger partial charge in [-0.15, -0.1) is 21.5 Å². The number of nitrogens with zero attached hydrogens (tertiary/aromatic N) is 3. The van der Waals surface area contributed by atoms with Gasteiger partial charge in [0.1, 0.15) is 16.3 Å². The number of amides is 1. The Morgan fingerprint density at radius 1 is 1.12 bits per heavy atom. The highest BCUT2D eigenvalue weighted by Gasteiger charge is 2.24. The van der Waals surface area contributed by atoms with E-state index in [0.717, 1.165) is 22.3 Å². The van der Waals surface area contributed by atoms with E-state index in [2.05, 4.69) is 15.5 Å². The van der Waals surface area contributed by atoms with Crippen LogP contribution in [-0.4, -0.2) is 39.5 Å². The van der Waals surface area contributed by atoms with Crippen LogP contribution in [0.25, 0.3) is 11.1 Å². The van der Waals surface area contributed by atoms with E-state index >= 15 is 0 Å². The van der Waals surface area contributed by atoms with Crippen LogP contribution in [0.15, 0.2) is 46.9 Å². The zero-order valence-corrected chi connectivity index (χ0v) is 25.7. The van der Waals surface area contributed by atoms with Crippen LogP contribution >= 0.6 is 46.3 Å². The molecule has 1 N–H and O–H groups in total. The van der Waals surface area contributed by atoms with Gasteiger partial charge >= 0.3 is 5.97 Å². The molecule has 0 aliphatic heterocycles. The number of thiophene rings is 1. The zero-order chi connectivity index (χ0) is 29.0. The van der Waals surface area contributed by atoms with Crippen molar-refractivity contribution in [3.05, 3.63) is 74.3 Å². The number of methoxy groups -OCH3 is 1. The summed E-state index contributed by atoms with van der Waals surface area (Å²) in [5.74, 6) is 0.351. The van der Waals surface area contributed by atoms with Crippen LogP contribution in [0, 0.1) is 13.8 Å². The third-order valence-corrected chi connectivity index (χ3v) is 8.46. The van der Waals surface area contributed by atoms with Crippen molar-refractivity contribution in [2.45, 2.75) is 45.5 Å². The Hall–Kier alpha value is -3.05. The summed E-state index contributed by atoms with van der Waals surface area (Å²) in [5.41, 5.74) is 4.08. The lowest BCUT2D eigenvalue weighted by atomic mass is 9.97. The molecule has 0 fully saturated rings. The number of ether oxygens (including phenoxy) is 2. The Morgan fingerprint density at radius 2 is 1.90 bits per heavy atom. The van der Waals surface area contributed by atoms with E-state index in [4.69, 9.17) is 32.7 Å². The Balaban J connectivity index is 1.48. The van der Waals surface area contributed by atoms with Gasteiger partial charge in [-0.2, -0.15) is 0 Å². The summed E-state index contributed by atoms with van der Waals surface area (Å²) in [5, 5.41) is 15.2. The Labute approximate surface area is 251 Å². The average Bonchev–Trinajstić information content (AvgIpc) is 3.53. The normalized spacial score (nSPS) is 11.8. The Kier molecular flexibility index (Phi) is 9.78. The van der Waals surface area contributed by atoms with Crippen LogP contribution in [0.4, 0.5) is 5.00 Å². The van der Waals surface area contributed by atoms with Crippen molar-refractivity contribution in [1.29, 1.82) is 0 Å². The van der Waals surface area contributed by atoms with Gasteiger partial charge < -0.3 is 19.4 Å². The number of rotatable bonds is 10. The first-order chi connectivity index (χ1) is 19.1. The molecule has 0 bridgehead atoms. The van der Waals surface area contributed by atoms with E-state index in [1.807, 2.05) is 55.8 Å². The van der Waals surface area contributed by atoms with E-state index < -0.39 is 12.1 Å². The second-order valence-corrected chi connectivity index (χ2v) is 11.6. The fourth-order valence-corrected chi connectivity index (χ4v) is 6.32. The summed E-state index contributed by atoms with van der Waals surface area (Å²) in [7, 11) is 1.33. The third kappa shape index (κ3) is 6.63. The SMILES string of the molecule is CCn1c(SCC(=O)Nc2scc(-c3cc(C)ccc3C)c2C(=O)OC)nnc1C(C)Oc1ccc(Cl)cc1Cl. The molecule has 1 atom stereocenters. The summed E-state index contributed by atoms with van der Waals surface area (Å²) in [4.78, 5) is 25.7. The van der Waals surface area contributed by atoms with Gasteiger partial charge in [-0.1, -0.05) is 58.7 Å². The van der Waals surface area contributed by atoms with Crippen LogP contribution in [0.3, 0.4) is 0 Å². The highest BCUT2D eigenvalue weighted by Crippen LogP contribution is 2.38. The number of carbonyl (C=O) groups is 2. The van der Waals surface area contributed by atoms with E-state index in [1.54, 1.807) is 18.2 Å². The first kappa shape index (κ1) is 29.9. The molecule has 40 heavy (non-hydrogen) atoms. The molecular formula is C28H28Cl2N4O4S2. The zero-order valence-electron chi connectivity index (χ0n) is 22.6. The number of hydrogen-bond acceptors (Lipinski definition) is 8. The predicted molar refractivity (Wildman–Crippen MR) is 161 cm³/mol. The van der Waals surface area contributed by atoms with Crippen molar-refractivity contribution in [3.8, 4) is 16.9 Å². The van der Waals surface area contributed by atoms with Gasteiger partial charge in [-0.05, 0) is 57.0 Å². The minimum absolute atomic E-state index is 0.0632. The maximum atomic E-state index is 13.0. The van der Waals surface area contributed by atoms with Crippen molar-refractivity contribution in [2.75, 3.05) is 18.2 Å². The van der Waals surface area contributed by atoms with E-state index in [-0.39, 0.29) is 11.7 Å². The first-order valence-electron chi connectivity index (χ1n) is 12.4. The molecule has 1 unspecified atom stereocenters. The summed E-state index contributed by atoms with van der Waals surface area (Å²) in [6.45, 7) is 8.36. The highest BCUT2D eigenvalue weighted by atomic mass is 35.5. The van der Waals surface area contributed by atoms with E-state index in [0.29, 0.717) is 43.9 Å². The molecule has 2 aromatic heterocycles. The minimum Gasteiger partial charge on any atom is -0.481 e. The van der Waals surface area contributed by atoms with E-state index in [1.165, 1.54) is 30.2 Å². The molecule has 210 valence electrons. The van der Waals surface area contributed by atoms with Crippen LogP contribution in [-0.2, 0) is 16.1 Å². The van der Waals surface area contributed by atoms with Gasteiger partial charge in [-0.25, -0.2) is 4.79 Å². The largest absolute Gasteiger partial charge is 0.481 e. The topological polar surface area (TPSA) is 95.3 Å². The van der Waals surface area contributed by atoms with Crippen LogP contribution in [0.5, 0.6) is 5.75 Å². The maximum absolute atomic E-state index is 13.0. The van der Waals surface area contributed by atoms with Crippen molar-refractivity contribution in [1.82, 2.24) is 14.8 Å². The predicted octanol–water partition coefficient (Wildman–Crippen LogP) is 7.61. The molecule has 0 saturated carbocycles. The lowest BCUT2D eigenvalue weighted by molar-refractivity contribution is -0.113. The van der Waals surface area contributed by atoms with Gasteiger partial charge in [0, 0.05) is 22.5 Å². The number of thioether (sulfide) groups is 1. The van der Waals surface area contributed by atoms with E-state index in [9.17, 15) is 9.59 Å². The molecule has 0 aliphatic rings. The number of carbonyl (C=O) groups excluding carboxylic acids is 2. The molecule has 0 radical (unpaired) electrons. The van der Waals surface area contributed by atoms with Crippen molar-refractivity contribution in [3.63, 3.8) is 0 Å². The van der Waals surface area contributed by atoms with Gasteiger partial charge in [0.25, 0.3) is 0 Å². The number of esters is 1. The maximum Gasteiger partial charge on any atom is 0.341 e. The fourth-order valence-electron chi connectivity index (χ4n) is 4.09. The summed E-state index contributed by atoms with van der Waals surface area (Å²) in [6, 6.07) is 11.1. The monoisotopic (exact) mass is 618 g/mol. The lowest BCUT2D eigenvalue weighted by Crippen LogP contribution is -2.17. The molecule has 0 saturated heterocycles. The van der Waals surface area contributed by atoms with Crippen molar-refractivity contribution >= 4 is 63.2 Å². The van der Waals surface area contributed by atoms with Gasteiger partial charge in [0.2, 0.25) is 5.91 Å². The quantitative estimate of drug-likeness (QED) is 0.144. The molecule has 0 aliphatic carbocycles. The highest BCUT2D eigenvalue weighted by molar-refractivity contribution is 7.99. The number of anilines is 1. The number of halogens is 2. The summed E-state index contributed by atoms with van der Waals surface area (Å²) in [6.07, 6.45) is -0.452. The molecule has 8 nitrogen and oxygen atoms in total. The number of aromatic nitrogens is 3. The van der Waals surface area contributed by atoms with Crippen LogP contribution in [0.1, 0.15) is 47.3 Å². The molecule has 2 heterocycles. The number of benzene rings is 2. The Bertz CT molecular complexity index is 1550. The minimum atomic E-state index is -0.509. The molecule has 4 rings (SSSR count). The number of aryl methyl sites for hydroxylation is 2. The summed E-state index contributed by atoms with van der Waals surface area (Å²) >= 11 is 14.8. The van der Waals surface area contributed by atoms with Crippen LogP contribution in [0.2, 0.25) is 10.0 Å². The fraction of sp³-hybridized carbons (Fsp3) is 0.286. The molecular weight excluding hydrogens is 591 g/mol. The average molecular weight is 620 g/mol. The molecule has 4 aromatic rings. The number of hydrogen-bond donors (Lipinski definition) is 1. The molecule has 12 heteroatoms. The Morgan fingerprint density at radius 3 is 2.60 bits per heavy atom.